The van der Waals surface area contributed by atoms with E-state index in [0.29, 0.717) is 10.2 Å². The SMILES string of the molecule is Cc1c(Br)sc2[nH]c(=O)n(Cc3ccccc3)c(=O)c12. The quantitative estimate of drug-likeness (QED) is 0.772. The molecular weight excluding hydrogens is 340 g/mol. The van der Waals surface area contributed by atoms with Crippen LogP contribution in [0, 0.1) is 6.92 Å². The molecule has 0 saturated heterocycles. The number of hydrogen-bond acceptors (Lipinski definition) is 3. The Labute approximate surface area is 126 Å². The van der Waals surface area contributed by atoms with Crippen LogP contribution in [0.25, 0.3) is 10.2 Å². The molecule has 0 fully saturated rings. The molecule has 0 spiro atoms. The minimum atomic E-state index is -0.375. The number of rotatable bonds is 2. The molecule has 0 unspecified atom stereocenters. The second kappa shape index (κ2) is 5.03. The number of aromatic amines is 1. The summed E-state index contributed by atoms with van der Waals surface area (Å²) in [5.74, 6) is 0. The molecular formula is C14H11BrN2O2S. The highest BCUT2D eigenvalue weighted by Gasteiger charge is 2.14. The monoisotopic (exact) mass is 350 g/mol. The highest BCUT2D eigenvalue weighted by atomic mass is 79.9. The molecule has 0 saturated carbocycles. The molecule has 0 bridgehead atoms. The Hall–Kier alpha value is -1.66. The van der Waals surface area contributed by atoms with Crippen molar-refractivity contribution in [3.8, 4) is 0 Å². The number of nitrogens with one attached hydrogen (secondary N) is 1. The largest absolute Gasteiger partial charge is 0.329 e. The first-order valence-electron chi connectivity index (χ1n) is 6.03. The zero-order valence-electron chi connectivity index (χ0n) is 10.6. The van der Waals surface area contributed by atoms with Crippen molar-refractivity contribution < 1.29 is 0 Å². The smallest absolute Gasteiger partial charge is 0.298 e. The Morgan fingerprint density at radius 1 is 1.25 bits per heavy atom. The maximum absolute atomic E-state index is 12.5. The van der Waals surface area contributed by atoms with E-state index >= 15 is 0 Å². The van der Waals surface area contributed by atoms with Crippen LogP contribution < -0.4 is 11.2 Å². The topological polar surface area (TPSA) is 54.9 Å². The van der Waals surface area contributed by atoms with Crippen molar-refractivity contribution in [1.82, 2.24) is 9.55 Å². The molecule has 4 nitrogen and oxygen atoms in total. The van der Waals surface area contributed by atoms with E-state index in [1.165, 1.54) is 15.9 Å². The lowest BCUT2D eigenvalue weighted by Gasteiger charge is -2.05. The van der Waals surface area contributed by atoms with Gasteiger partial charge in [-0.1, -0.05) is 30.3 Å². The summed E-state index contributed by atoms with van der Waals surface area (Å²) in [5, 5.41) is 0.581. The molecule has 3 aromatic rings. The minimum Gasteiger partial charge on any atom is -0.298 e. The predicted octanol–water partition coefficient (Wildman–Crippen LogP) is 2.87. The van der Waals surface area contributed by atoms with Crippen molar-refractivity contribution in [3.63, 3.8) is 0 Å². The van der Waals surface area contributed by atoms with Gasteiger partial charge in [0.25, 0.3) is 5.56 Å². The van der Waals surface area contributed by atoms with E-state index < -0.39 is 0 Å². The van der Waals surface area contributed by atoms with E-state index in [1.807, 2.05) is 37.3 Å². The Kier molecular flexibility index (Phi) is 3.35. The number of aryl methyl sites for hydroxylation is 1. The lowest BCUT2D eigenvalue weighted by Crippen LogP contribution is -2.35. The average Bonchev–Trinajstić information content (AvgIpc) is 2.71. The van der Waals surface area contributed by atoms with Crippen molar-refractivity contribution in [3.05, 3.63) is 66.1 Å². The van der Waals surface area contributed by atoms with E-state index in [2.05, 4.69) is 20.9 Å². The van der Waals surface area contributed by atoms with Crippen LogP contribution in [0.5, 0.6) is 0 Å². The highest BCUT2D eigenvalue weighted by molar-refractivity contribution is 9.11. The Morgan fingerprint density at radius 2 is 1.95 bits per heavy atom. The molecule has 0 aliphatic carbocycles. The summed E-state index contributed by atoms with van der Waals surface area (Å²) in [4.78, 5) is 28.0. The third kappa shape index (κ3) is 2.14. The normalized spacial score (nSPS) is 11.1. The van der Waals surface area contributed by atoms with E-state index in [9.17, 15) is 9.59 Å². The maximum atomic E-state index is 12.5. The number of halogens is 1. The van der Waals surface area contributed by atoms with Gasteiger partial charge in [0.15, 0.2) is 0 Å². The van der Waals surface area contributed by atoms with Crippen molar-refractivity contribution >= 4 is 37.5 Å². The van der Waals surface area contributed by atoms with E-state index in [4.69, 9.17) is 0 Å². The summed E-state index contributed by atoms with van der Waals surface area (Å²) in [7, 11) is 0. The number of thiophene rings is 1. The average molecular weight is 351 g/mol. The number of aromatic nitrogens is 2. The van der Waals surface area contributed by atoms with Crippen molar-refractivity contribution in [2.24, 2.45) is 0 Å². The zero-order chi connectivity index (χ0) is 14.3. The summed E-state index contributed by atoms with van der Waals surface area (Å²) >= 11 is 4.78. The van der Waals surface area contributed by atoms with E-state index in [0.717, 1.165) is 14.9 Å². The van der Waals surface area contributed by atoms with Gasteiger partial charge in [0.05, 0.1) is 15.7 Å². The third-order valence-corrected chi connectivity index (χ3v) is 5.27. The van der Waals surface area contributed by atoms with Gasteiger partial charge < -0.3 is 0 Å². The molecule has 0 aliphatic heterocycles. The second-order valence-corrected chi connectivity index (χ2v) is 6.85. The standard InChI is InChI=1S/C14H11BrN2O2S/c1-8-10-12(20-11(8)15)16-14(19)17(13(10)18)7-9-5-3-2-4-6-9/h2-6H,7H2,1H3,(H,16,19). The molecule has 2 aromatic heterocycles. The number of H-pyrrole nitrogens is 1. The van der Waals surface area contributed by atoms with Gasteiger partial charge in [0.1, 0.15) is 4.83 Å². The molecule has 0 radical (unpaired) electrons. The number of nitrogens with zero attached hydrogens (tertiary/aromatic N) is 1. The first-order valence-corrected chi connectivity index (χ1v) is 7.64. The lowest BCUT2D eigenvalue weighted by atomic mass is 10.2. The first-order chi connectivity index (χ1) is 9.58. The van der Waals surface area contributed by atoms with Crippen LogP contribution in [0.2, 0.25) is 0 Å². The molecule has 3 rings (SSSR count). The summed E-state index contributed by atoms with van der Waals surface area (Å²) in [6.07, 6.45) is 0. The van der Waals surface area contributed by atoms with E-state index in [-0.39, 0.29) is 17.8 Å². The Bertz CT molecular complexity index is 893. The van der Waals surface area contributed by atoms with Gasteiger partial charge in [-0.3, -0.25) is 14.3 Å². The van der Waals surface area contributed by atoms with Crippen molar-refractivity contribution in [1.29, 1.82) is 0 Å². The fraction of sp³-hybridized carbons (Fsp3) is 0.143. The minimum absolute atomic E-state index is 0.243. The maximum Gasteiger partial charge on any atom is 0.329 e. The summed E-state index contributed by atoms with van der Waals surface area (Å²) in [5.41, 5.74) is 1.17. The number of fused-ring (bicyclic) bond motifs is 1. The van der Waals surface area contributed by atoms with Gasteiger partial charge in [0.2, 0.25) is 0 Å². The van der Waals surface area contributed by atoms with Gasteiger partial charge in [-0.15, -0.1) is 11.3 Å². The van der Waals surface area contributed by atoms with Gasteiger partial charge in [-0.25, -0.2) is 4.79 Å². The van der Waals surface area contributed by atoms with Gasteiger partial charge in [-0.05, 0) is 34.0 Å². The molecule has 102 valence electrons. The summed E-state index contributed by atoms with van der Waals surface area (Å²) in [6.45, 7) is 2.15. The van der Waals surface area contributed by atoms with Crippen LogP contribution in [-0.2, 0) is 6.54 Å². The van der Waals surface area contributed by atoms with Gasteiger partial charge in [-0.2, -0.15) is 0 Å². The molecule has 1 aromatic carbocycles. The predicted molar refractivity (Wildman–Crippen MR) is 84.7 cm³/mol. The molecule has 0 atom stereocenters. The molecule has 2 heterocycles. The fourth-order valence-electron chi connectivity index (χ4n) is 2.13. The molecule has 1 N–H and O–H groups in total. The van der Waals surface area contributed by atoms with Gasteiger partial charge >= 0.3 is 5.69 Å². The van der Waals surface area contributed by atoms with Crippen molar-refractivity contribution in [2.75, 3.05) is 0 Å². The summed E-state index contributed by atoms with van der Waals surface area (Å²) < 4.78 is 2.11. The van der Waals surface area contributed by atoms with Crippen molar-refractivity contribution in [2.45, 2.75) is 13.5 Å². The second-order valence-electron chi connectivity index (χ2n) is 4.51. The van der Waals surface area contributed by atoms with Crippen LogP contribution in [0.3, 0.4) is 0 Å². The van der Waals surface area contributed by atoms with Gasteiger partial charge in [0, 0.05) is 0 Å². The number of hydrogen-bond donors (Lipinski definition) is 1. The van der Waals surface area contributed by atoms with Crippen LogP contribution in [-0.4, -0.2) is 9.55 Å². The Morgan fingerprint density at radius 3 is 2.65 bits per heavy atom. The third-order valence-electron chi connectivity index (χ3n) is 3.20. The lowest BCUT2D eigenvalue weighted by molar-refractivity contribution is 0.712. The van der Waals surface area contributed by atoms with Crippen LogP contribution in [0.4, 0.5) is 0 Å². The highest BCUT2D eigenvalue weighted by Crippen LogP contribution is 2.30. The fourth-order valence-corrected chi connectivity index (χ4v) is 3.73. The molecule has 0 amide bonds. The molecule has 6 heteroatoms. The summed E-state index contributed by atoms with van der Waals surface area (Å²) in [6, 6.07) is 9.47. The van der Waals surface area contributed by atoms with Crippen LogP contribution in [0.15, 0.2) is 43.7 Å². The van der Waals surface area contributed by atoms with Crippen LogP contribution >= 0.6 is 27.3 Å². The molecule has 20 heavy (non-hydrogen) atoms. The van der Waals surface area contributed by atoms with E-state index in [1.54, 1.807) is 0 Å². The Balaban J connectivity index is 2.24. The van der Waals surface area contributed by atoms with Crippen LogP contribution in [0.1, 0.15) is 11.1 Å². The first kappa shape index (κ1) is 13.3. The zero-order valence-corrected chi connectivity index (χ0v) is 13.0. The number of benzene rings is 1. The molecule has 0 aliphatic rings.